The Morgan fingerprint density at radius 2 is 2.31 bits per heavy atom. The van der Waals surface area contributed by atoms with E-state index in [0.717, 1.165) is 0 Å². The molecule has 0 unspecified atom stereocenters. The normalized spacial score (nSPS) is 10.6. The number of methoxy groups -OCH3 is 1. The highest BCUT2D eigenvalue weighted by molar-refractivity contribution is 6.06. The Kier molecular flexibility index (Phi) is 2.15. The fourth-order valence-electron chi connectivity index (χ4n) is 1.76. The largest absolute Gasteiger partial charge is 0.463 e. The van der Waals surface area contributed by atoms with Gasteiger partial charge in [-0.15, -0.1) is 0 Å². The molecule has 0 saturated carbocycles. The van der Waals surface area contributed by atoms with Crippen molar-refractivity contribution in [2.45, 2.75) is 0 Å². The lowest BCUT2D eigenvalue weighted by Gasteiger charge is -1.98. The van der Waals surface area contributed by atoms with Crippen molar-refractivity contribution in [3.8, 4) is 0 Å². The number of carbonyl (C=O) groups is 1. The molecule has 0 amide bonds. The lowest BCUT2D eigenvalue weighted by atomic mass is 10.3. The third kappa shape index (κ3) is 1.18. The van der Waals surface area contributed by atoms with Gasteiger partial charge in [-0.05, 0) is 11.0 Å². The molecule has 0 aliphatic carbocycles. The first-order valence-corrected chi connectivity index (χ1v) is 4.46. The summed E-state index contributed by atoms with van der Waals surface area (Å²) in [5, 5.41) is 11.4. The molecule has 0 spiro atoms. The van der Waals surface area contributed by atoms with E-state index in [9.17, 15) is 14.9 Å². The summed E-state index contributed by atoms with van der Waals surface area (Å²) in [5.41, 5.74) is 0.498. The zero-order valence-corrected chi connectivity index (χ0v) is 8.68. The molecule has 0 saturated heterocycles. The molecule has 0 aliphatic rings. The van der Waals surface area contributed by atoms with Crippen molar-refractivity contribution in [3.63, 3.8) is 0 Å². The van der Waals surface area contributed by atoms with Gasteiger partial charge in [0, 0.05) is 6.20 Å². The average molecular weight is 223 g/mol. The van der Waals surface area contributed by atoms with Crippen molar-refractivity contribution < 1.29 is 14.5 Å². The SMILES string of the molecule is COC(=O)c1c2cc[nH]c2c([N+](=O)[O-])n1C. The maximum atomic E-state index is 11.5. The number of nitro groups is 1. The van der Waals surface area contributed by atoms with Gasteiger partial charge in [-0.25, -0.2) is 9.36 Å². The van der Waals surface area contributed by atoms with Gasteiger partial charge >= 0.3 is 11.8 Å². The highest BCUT2D eigenvalue weighted by atomic mass is 16.6. The minimum Gasteiger partial charge on any atom is -0.463 e. The van der Waals surface area contributed by atoms with Crippen LogP contribution in [0.15, 0.2) is 12.3 Å². The van der Waals surface area contributed by atoms with Crippen LogP contribution in [0.5, 0.6) is 0 Å². The summed E-state index contributed by atoms with van der Waals surface area (Å²) in [5.74, 6) is -0.749. The molecule has 1 N–H and O–H groups in total. The summed E-state index contributed by atoms with van der Waals surface area (Å²) in [4.78, 5) is 24.6. The van der Waals surface area contributed by atoms with Crippen LogP contribution in [-0.4, -0.2) is 27.6 Å². The topological polar surface area (TPSA) is 90.2 Å². The summed E-state index contributed by atoms with van der Waals surface area (Å²) >= 11 is 0. The Labute approximate surface area is 89.8 Å². The number of aromatic amines is 1. The Hall–Kier alpha value is -2.31. The van der Waals surface area contributed by atoms with Crippen molar-refractivity contribution in [1.29, 1.82) is 0 Å². The molecule has 7 nitrogen and oxygen atoms in total. The second-order valence-corrected chi connectivity index (χ2v) is 3.25. The number of nitrogens with zero attached hydrogens (tertiary/aromatic N) is 2. The Balaban J connectivity index is 2.83. The lowest BCUT2D eigenvalue weighted by molar-refractivity contribution is -0.390. The molecular formula is C9H9N3O4. The predicted molar refractivity (Wildman–Crippen MR) is 55.3 cm³/mol. The Morgan fingerprint density at radius 3 is 2.88 bits per heavy atom. The zero-order valence-electron chi connectivity index (χ0n) is 8.68. The van der Waals surface area contributed by atoms with Gasteiger partial charge in [0.2, 0.25) is 5.69 Å². The molecule has 84 valence electrons. The summed E-state index contributed by atoms with van der Waals surface area (Å²) in [6, 6.07) is 1.61. The van der Waals surface area contributed by atoms with E-state index < -0.39 is 10.9 Å². The van der Waals surface area contributed by atoms with Gasteiger partial charge < -0.3 is 19.8 Å². The van der Waals surface area contributed by atoms with Crippen molar-refractivity contribution in [1.82, 2.24) is 9.55 Å². The van der Waals surface area contributed by atoms with E-state index in [1.807, 2.05) is 0 Å². The van der Waals surface area contributed by atoms with E-state index >= 15 is 0 Å². The van der Waals surface area contributed by atoms with E-state index in [1.165, 1.54) is 18.7 Å². The molecule has 0 fully saturated rings. The maximum absolute atomic E-state index is 11.5. The van der Waals surface area contributed by atoms with Crippen LogP contribution in [0.3, 0.4) is 0 Å². The predicted octanol–water partition coefficient (Wildman–Crippen LogP) is 1.20. The number of rotatable bonds is 2. The molecule has 2 aromatic rings. The van der Waals surface area contributed by atoms with Crippen LogP contribution in [0.1, 0.15) is 10.5 Å². The molecule has 0 atom stereocenters. The number of nitrogens with one attached hydrogen (secondary N) is 1. The van der Waals surface area contributed by atoms with E-state index in [-0.39, 0.29) is 11.5 Å². The number of hydrogen-bond acceptors (Lipinski definition) is 4. The molecule has 7 heteroatoms. The molecule has 16 heavy (non-hydrogen) atoms. The van der Waals surface area contributed by atoms with Crippen molar-refractivity contribution in [2.75, 3.05) is 7.11 Å². The highest BCUT2D eigenvalue weighted by Gasteiger charge is 2.29. The van der Waals surface area contributed by atoms with Crippen LogP contribution >= 0.6 is 0 Å². The number of aromatic nitrogens is 2. The van der Waals surface area contributed by atoms with E-state index in [4.69, 9.17) is 0 Å². The van der Waals surface area contributed by atoms with Gasteiger partial charge in [0.15, 0.2) is 0 Å². The summed E-state index contributed by atoms with van der Waals surface area (Å²) in [6.07, 6.45) is 1.55. The number of fused-ring (bicyclic) bond motifs is 1. The van der Waals surface area contributed by atoms with Gasteiger partial charge in [0.25, 0.3) is 0 Å². The third-order valence-corrected chi connectivity index (χ3v) is 2.43. The number of ether oxygens (including phenoxy) is 1. The van der Waals surface area contributed by atoms with Crippen LogP contribution < -0.4 is 0 Å². The maximum Gasteiger partial charge on any atom is 0.378 e. The van der Waals surface area contributed by atoms with E-state index in [0.29, 0.717) is 10.9 Å². The lowest BCUT2D eigenvalue weighted by Crippen LogP contribution is -2.09. The molecule has 2 heterocycles. The first-order valence-electron chi connectivity index (χ1n) is 4.46. The second kappa shape index (κ2) is 3.37. The molecule has 0 radical (unpaired) electrons. The first-order chi connectivity index (χ1) is 7.57. The second-order valence-electron chi connectivity index (χ2n) is 3.25. The fraction of sp³-hybridized carbons (Fsp3) is 0.222. The molecule has 2 rings (SSSR count). The quantitative estimate of drug-likeness (QED) is 0.470. The average Bonchev–Trinajstić information content (AvgIpc) is 2.75. The van der Waals surface area contributed by atoms with Crippen LogP contribution in [0.4, 0.5) is 5.82 Å². The van der Waals surface area contributed by atoms with Crippen LogP contribution in [0.2, 0.25) is 0 Å². The van der Waals surface area contributed by atoms with Gasteiger partial charge in [0.05, 0.1) is 19.5 Å². The molecule has 2 aromatic heterocycles. The zero-order chi connectivity index (χ0) is 11.9. The summed E-state index contributed by atoms with van der Waals surface area (Å²) in [7, 11) is 2.69. The smallest absolute Gasteiger partial charge is 0.378 e. The monoisotopic (exact) mass is 223 g/mol. The highest BCUT2D eigenvalue weighted by Crippen LogP contribution is 2.30. The summed E-state index contributed by atoms with van der Waals surface area (Å²) < 4.78 is 5.81. The minimum atomic E-state index is -0.597. The molecular weight excluding hydrogens is 214 g/mol. The van der Waals surface area contributed by atoms with Crippen LogP contribution in [0.25, 0.3) is 10.9 Å². The van der Waals surface area contributed by atoms with E-state index in [1.54, 1.807) is 12.3 Å². The van der Waals surface area contributed by atoms with Gasteiger partial charge in [-0.2, -0.15) is 0 Å². The molecule has 0 aliphatic heterocycles. The molecule has 0 aromatic carbocycles. The number of hydrogen-bond donors (Lipinski definition) is 1. The molecule has 0 bridgehead atoms. The number of carbonyl (C=O) groups excluding carboxylic acids is 1. The first kappa shape index (κ1) is 10.2. The standard InChI is InChI=1S/C9H9N3O4/c1-11-7(9(13)16-2)5-3-4-10-6(5)8(11)12(14)15/h3-4,10H,1-2H3. The minimum absolute atomic E-state index is 0.152. The Morgan fingerprint density at radius 1 is 1.62 bits per heavy atom. The van der Waals surface area contributed by atoms with Crippen molar-refractivity contribution in [3.05, 3.63) is 28.1 Å². The Bertz CT molecular complexity index is 581. The third-order valence-electron chi connectivity index (χ3n) is 2.43. The van der Waals surface area contributed by atoms with Gasteiger partial charge in [0.1, 0.15) is 5.52 Å². The van der Waals surface area contributed by atoms with Gasteiger partial charge in [-0.3, -0.25) is 0 Å². The summed E-state index contributed by atoms with van der Waals surface area (Å²) in [6.45, 7) is 0. The van der Waals surface area contributed by atoms with Crippen LogP contribution in [0, 0.1) is 10.1 Å². The van der Waals surface area contributed by atoms with Gasteiger partial charge in [-0.1, -0.05) is 0 Å². The number of H-pyrrole nitrogens is 1. The van der Waals surface area contributed by atoms with Crippen LogP contribution in [-0.2, 0) is 11.8 Å². The van der Waals surface area contributed by atoms with E-state index in [2.05, 4.69) is 9.72 Å². The van der Waals surface area contributed by atoms with Crippen molar-refractivity contribution >= 4 is 22.7 Å². The van der Waals surface area contributed by atoms with Crippen molar-refractivity contribution in [2.24, 2.45) is 7.05 Å². The fourth-order valence-corrected chi connectivity index (χ4v) is 1.76. The number of esters is 1.